The number of nitrogens with zero attached hydrogens (tertiary/aromatic N) is 1. The zero-order valence-corrected chi connectivity index (χ0v) is 12.0. The first-order valence-electron chi connectivity index (χ1n) is 6.92. The number of hydrogen-bond acceptors (Lipinski definition) is 2. The first kappa shape index (κ1) is 14.2. The molecule has 0 bridgehead atoms. The van der Waals surface area contributed by atoms with Crippen molar-refractivity contribution in [1.82, 2.24) is 9.88 Å². The van der Waals surface area contributed by atoms with E-state index in [1.807, 2.05) is 49.0 Å². The fourth-order valence-electron chi connectivity index (χ4n) is 1.98. The van der Waals surface area contributed by atoms with E-state index in [0.29, 0.717) is 12.1 Å². The van der Waals surface area contributed by atoms with E-state index < -0.39 is 0 Å². The Morgan fingerprint density at radius 3 is 2.85 bits per heavy atom. The van der Waals surface area contributed by atoms with E-state index in [2.05, 4.69) is 22.9 Å². The summed E-state index contributed by atoms with van der Waals surface area (Å²) in [6, 6.07) is 9.66. The summed E-state index contributed by atoms with van der Waals surface area (Å²) in [6.07, 6.45) is 5.04. The van der Waals surface area contributed by atoms with Crippen molar-refractivity contribution in [2.45, 2.75) is 19.9 Å². The highest BCUT2D eigenvalue weighted by Gasteiger charge is 2.05. The summed E-state index contributed by atoms with van der Waals surface area (Å²) < 4.78 is 2.02. The molecule has 1 aromatic heterocycles. The first-order valence-corrected chi connectivity index (χ1v) is 6.92. The minimum Gasteiger partial charge on any atom is -0.381 e. The summed E-state index contributed by atoms with van der Waals surface area (Å²) in [5, 5.41) is 6.22. The number of benzene rings is 1. The normalized spacial score (nSPS) is 10.3. The van der Waals surface area contributed by atoms with Crippen molar-refractivity contribution in [1.29, 1.82) is 0 Å². The number of anilines is 1. The van der Waals surface area contributed by atoms with Gasteiger partial charge in [-0.2, -0.15) is 0 Å². The third-order valence-corrected chi connectivity index (χ3v) is 3.05. The molecule has 1 amide bonds. The average Bonchev–Trinajstić information content (AvgIpc) is 2.88. The topological polar surface area (TPSA) is 46.1 Å². The number of carbonyl (C=O) groups excluding carboxylic acids is 1. The largest absolute Gasteiger partial charge is 0.381 e. The van der Waals surface area contributed by atoms with E-state index >= 15 is 0 Å². The van der Waals surface area contributed by atoms with Crippen LogP contribution in [0.1, 0.15) is 29.3 Å². The van der Waals surface area contributed by atoms with Crippen molar-refractivity contribution in [2.24, 2.45) is 7.05 Å². The summed E-state index contributed by atoms with van der Waals surface area (Å²) in [7, 11) is 2.00. The second-order valence-corrected chi connectivity index (χ2v) is 4.88. The van der Waals surface area contributed by atoms with Crippen LogP contribution >= 0.6 is 0 Å². The summed E-state index contributed by atoms with van der Waals surface area (Å²) in [4.78, 5) is 11.9. The van der Waals surface area contributed by atoms with Gasteiger partial charge < -0.3 is 15.2 Å². The Kier molecular flexibility index (Phi) is 4.82. The van der Waals surface area contributed by atoms with E-state index in [-0.39, 0.29) is 5.91 Å². The Labute approximate surface area is 119 Å². The van der Waals surface area contributed by atoms with E-state index in [1.165, 1.54) is 5.56 Å². The second kappa shape index (κ2) is 6.80. The highest BCUT2D eigenvalue weighted by molar-refractivity contribution is 5.95. The minimum atomic E-state index is -0.0183. The molecule has 0 atom stereocenters. The van der Waals surface area contributed by atoms with Crippen molar-refractivity contribution in [3.63, 3.8) is 0 Å². The molecule has 0 unspecified atom stereocenters. The van der Waals surface area contributed by atoms with Crippen molar-refractivity contribution < 1.29 is 4.79 Å². The standard InChI is InChI=1S/C16H21N3O/c1-3-8-17-16(20)14-5-4-6-15(10-14)18-11-13-7-9-19(2)12-13/h4-7,9-10,12,18H,3,8,11H2,1-2H3,(H,17,20). The number of hydrogen-bond donors (Lipinski definition) is 2. The third kappa shape index (κ3) is 3.88. The smallest absolute Gasteiger partial charge is 0.251 e. The SMILES string of the molecule is CCCNC(=O)c1cccc(NCc2ccn(C)c2)c1. The summed E-state index contributed by atoms with van der Waals surface area (Å²) in [6.45, 7) is 3.50. The number of rotatable bonds is 6. The lowest BCUT2D eigenvalue weighted by atomic mass is 10.2. The molecule has 0 aliphatic heterocycles. The molecule has 106 valence electrons. The van der Waals surface area contributed by atoms with Gasteiger partial charge in [0.1, 0.15) is 0 Å². The van der Waals surface area contributed by atoms with Gasteiger partial charge in [-0.05, 0) is 36.2 Å². The molecule has 4 heteroatoms. The van der Waals surface area contributed by atoms with Crippen LogP contribution in [0.15, 0.2) is 42.7 Å². The van der Waals surface area contributed by atoms with Gasteiger partial charge in [-0.15, -0.1) is 0 Å². The number of carbonyl (C=O) groups is 1. The Morgan fingerprint density at radius 1 is 1.30 bits per heavy atom. The van der Waals surface area contributed by atoms with Gasteiger partial charge in [-0.1, -0.05) is 13.0 Å². The van der Waals surface area contributed by atoms with Crippen LogP contribution in [0.3, 0.4) is 0 Å². The van der Waals surface area contributed by atoms with Gasteiger partial charge in [-0.3, -0.25) is 4.79 Å². The maximum absolute atomic E-state index is 11.9. The quantitative estimate of drug-likeness (QED) is 0.848. The lowest BCUT2D eigenvalue weighted by Gasteiger charge is -2.08. The van der Waals surface area contributed by atoms with Gasteiger partial charge in [0.2, 0.25) is 0 Å². The van der Waals surface area contributed by atoms with Gasteiger partial charge in [0, 0.05) is 43.8 Å². The molecular weight excluding hydrogens is 250 g/mol. The summed E-state index contributed by atoms with van der Waals surface area (Å²) >= 11 is 0. The molecular formula is C16H21N3O. The average molecular weight is 271 g/mol. The molecule has 2 N–H and O–H groups in total. The van der Waals surface area contributed by atoms with Gasteiger partial charge >= 0.3 is 0 Å². The van der Waals surface area contributed by atoms with Gasteiger partial charge in [0.15, 0.2) is 0 Å². The van der Waals surface area contributed by atoms with Gasteiger partial charge in [0.05, 0.1) is 0 Å². The zero-order chi connectivity index (χ0) is 14.4. The molecule has 0 saturated carbocycles. The van der Waals surface area contributed by atoms with Crippen molar-refractivity contribution in [3.8, 4) is 0 Å². The highest BCUT2D eigenvalue weighted by Crippen LogP contribution is 2.12. The lowest BCUT2D eigenvalue weighted by molar-refractivity contribution is 0.0953. The molecule has 1 aromatic carbocycles. The second-order valence-electron chi connectivity index (χ2n) is 4.88. The van der Waals surface area contributed by atoms with Gasteiger partial charge in [-0.25, -0.2) is 0 Å². The van der Waals surface area contributed by atoms with Crippen LogP contribution < -0.4 is 10.6 Å². The molecule has 0 radical (unpaired) electrons. The van der Waals surface area contributed by atoms with Crippen molar-refractivity contribution in [2.75, 3.05) is 11.9 Å². The van der Waals surface area contributed by atoms with Crippen LogP contribution in [0.5, 0.6) is 0 Å². The van der Waals surface area contributed by atoms with Crippen LogP contribution in [0.4, 0.5) is 5.69 Å². The summed E-state index contributed by atoms with van der Waals surface area (Å²) in [5.74, 6) is -0.0183. The monoisotopic (exact) mass is 271 g/mol. The van der Waals surface area contributed by atoms with E-state index in [9.17, 15) is 4.79 Å². The minimum absolute atomic E-state index is 0.0183. The van der Waals surface area contributed by atoms with Crippen LogP contribution in [0, 0.1) is 0 Å². The van der Waals surface area contributed by atoms with Crippen molar-refractivity contribution in [3.05, 3.63) is 53.9 Å². The Morgan fingerprint density at radius 2 is 2.15 bits per heavy atom. The third-order valence-electron chi connectivity index (χ3n) is 3.05. The predicted octanol–water partition coefficient (Wildman–Crippen LogP) is 2.78. The maximum Gasteiger partial charge on any atom is 0.251 e. The molecule has 0 saturated heterocycles. The maximum atomic E-state index is 11.9. The molecule has 1 heterocycles. The van der Waals surface area contributed by atoms with Crippen LogP contribution in [-0.2, 0) is 13.6 Å². The fraction of sp³-hybridized carbons (Fsp3) is 0.312. The Hall–Kier alpha value is -2.23. The number of nitrogens with one attached hydrogen (secondary N) is 2. The van der Waals surface area contributed by atoms with Crippen LogP contribution in [0.25, 0.3) is 0 Å². The number of aryl methyl sites for hydroxylation is 1. The van der Waals surface area contributed by atoms with Crippen LogP contribution in [0.2, 0.25) is 0 Å². The molecule has 2 rings (SSSR count). The molecule has 4 nitrogen and oxygen atoms in total. The van der Waals surface area contributed by atoms with E-state index in [1.54, 1.807) is 0 Å². The number of aromatic nitrogens is 1. The Balaban J connectivity index is 1.97. The molecule has 0 spiro atoms. The Bertz CT molecular complexity index is 575. The lowest BCUT2D eigenvalue weighted by Crippen LogP contribution is -2.23. The van der Waals surface area contributed by atoms with E-state index in [4.69, 9.17) is 0 Å². The molecule has 20 heavy (non-hydrogen) atoms. The fourth-order valence-corrected chi connectivity index (χ4v) is 1.98. The van der Waals surface area contributed by atoms with Crippen LogP contribution in [-0.4, -0.2) is 17.0 Å². The molecule has 0 aliphatic rings. The molecule has 0 fully saturated rings. The number of amides is 1. The predicted molar refractivity (Wildman–Crippen MR) is 81.8 cm³/mol. The first-order chi connectivity index (χ1) is 9.69. The zero-order valence-electron chi connectivity index (χ0n) is 12.0. The van der Waals surface area contributed by atoms with Gasteiger partial charge in [0.25, 0.3) is 5.91 Å². The molecule has 0 aliphatic carbocycles. The molecule has 2 aromatic rings. The summed E-state index contributed by atoms with van der Waals surface area (Å²) in [5.41, 5.74) is 2.86. The van der Waals surface area contributed by atoms with Crippen molar-refractivity contribution >= 4 is 11.6 Å². The highest BCUT2D eigenvalue weighted by atomic mass is 16.1. The van der Waals surface area contributed by atoms with E-state index in [0.717, 1.165) is 18.7 Å².